The fraction of sp³-hybridized carbons (Fsp3) is 1.00. The van der Waals surface area contributed by atoms with Crippen LogP contribution in [0.1, 0.15) is 0 Å². The zero-order valence-corrected chi connectivity index (χ0v) is 3.82. The Hall–Kier alpha value is 0.125. The average molecular weight is 80.5 g/mol. The van der Waals surface area contributed by atoms with Gasteiger partial charge >= 0.3 is 7.45 Å². The van der Waals surface area contributed by atoms with E-state index in [0.717, 1.165) is 0 Å². The van der Waals surface area contributed by atoms with Crippen LogP contribution in [0.4, 0.5) is 4.32 Å². The van der Waals surface area contributed by atoms with Crippen LogP contribution in [-0.4, -0.2) is 21.9 Å². The summed E-state index contributed by atoms with van der Waals surface area (Å²) in [4.78, 5) is 0. The highest BCUT2D eigenvalue weighted by molar-refractivity contribution is 7.10. The maximum absolute atomic E-state index is 11.2. The molecular formula is C2H5B3F. The lowest BCUT2D eigenvalue weighted by Gasteiger charge is -1.88. The van der Waals surface area contributed by atoms with Crippen molar-refractivity contribution in [2.24, 2.45) is 0 Å². The van der Waals surface area contributed by atoms with Crippen molar-refractivity contribution in [3.05, 3.63) is 0 Å². The molecule has 0 aliphatic heterocycles. The third kappa shape index (κ3) is 2.37. The Morgan fingerprint density at radius 1 is 2.00 bits per heavy atom. The van der Waals surface area contributed by atoms with Gasteiger partial charge in [0.25, 0.3) is 0 Å². The van der Waals surface area contributed by atoms with E-state index in [9.17, 15) is 4.32 Å². The van der Waals surface area contributed by atoms with Crippen molar-refractivity contribution in [3.63, 3.8) is 0 Å². The summed E-state index contributed by atoms with van der Waals surface area (Å²) in [5.41, 5.74) is 0. The molecule has 0 aromatic heterocycles. The Bertz CT molecular complexity index is 28.0. The molecular weight excluding hydrogens is 75.5 g/mol. The van der Waals surface area contributed by atoms with Crippen molar-refractivity contribution in [1.82, 2.24) is 0 Å². The lowest BCUT2D eigenvalue weighted by atomic mass is 9.27. The number of hydrogen-bond donors (Lipinski definition) is 0. The predicted octanol–water partition coefficient (Wildman–Crippen LogP) is 0.322. The molecule has 0 aromatic rings. The standard InChI is InChI=1S/C2H5B3F/c1-5(2-3)4-6/h2H2,1H3. The van der Waals surface area contributed by atoms with Crippen molar-refractivity contribution >= 4 is 21.9 Å². The average Bonchev–Trinajstić information content (AvgIpc) is 1.65. The van der Waals surface area contributed by atoms with Gasteiger partial charge in [0.15, 0.2) is 0 Å². The molecule has 0 N–H and O–H groups in total. The molecule has 0 fully saturated rings. The van der Waals surface area contributed by atoms with Crippen LogP contribution in [0.25, 0.3) is 0 Å². The van der Waals surface area contributed by atoms with Crippen LogP contribution in [0.15, 0.2) is 0 Å². The summed E-state index contributed by atoms with van der Waals surface area (Å²) in [6.45, 7) is 1.64. The van der Waals surface area contributed by atoms with Crippen molar-refractivity contribution < 1.29 is 4.32 Å². The molecule has 0 amide bonds. The van der Waals surface area contributed by atoms with Crippen molar-refractivity contribution in [3.8, 4) is 0 Å². The predicted molar refractivity (Wildman–Crippen MR) is 29.0 cm³/mol. The molecule has 0 bridgehead atoms. The van der Waals surface area contributed by atoms with E-state index in [4.69, 9.17) is 7.85 Å². The van der Waals surface area contributed by atoms with Gasteiger partial charge < -0.3 is 4.32 Å². The van der Waals surface area contributed by atoms with Crippen LogP contribution in [0.3, 0.4) is 0 Å². The van der Waals surface area contributed by atoms with Gasteiger partial charge in [0, 0.05) is 0 Å². The van der Waals surface area contributed by atoms with Crippen molar-refractivity contribution in [1.29, 1.82) is 0 Å². The molecule has 0 atom stereocenters. The smallest absolute Gasteiger partial charge is 0.309 e. The molecule has 0 spiro atoms. The molecule has 0 aliphatic carbocycles. The first-order chi connectivity index (χ1) is 2.81. The topological polar surface area (TPSA) is 0 Å². The van der Waals surface area contributed by atoms with Crippen LogP contribution in [-0.2, 0) is 0 Å². The second-order valence-electron chi connectivity index (χ2n) is 1.34. The molecule has 0 unspecified atom stereocenters. The fourth-order valence-corrected chi connectivity index (χ4v) is 0.0514. The molecule has 29 valence electrons. The minimum absolute atomic E-state index is 0.0787. The molecule has 4 heteroatoms. The van der Waals surface area contributed by atoms with Crippen LogP contribution in [0, 0.1) is 0 Å². The molecule has 0 heterocycles. The Morgan fingerprint density at radius 3 is 2.50 bits per heavy atom. The third-order valence-electron chi connectivity index (χ3n) is 0.587. The van der Waals surface area contributed by atoms with Crippen LogP contribution in [0.2, 0.25) is 13.0 Å². The van der Waals surface area contributed by atoms with E-state index in [1.165, 1.54) is 0 Å². The summed E-state index contributed by atoms with van der Waals surface area (Å²) in [5, 5.41) is 0. The van der Waals surface area contributed by atoms with Gasteiger partial charge in [-0.2, -0.15) is 0 Å². The normalized spacial score (nSPS) is 7.67. The molecule has 3 radical (unpaired) electrons. The largest absolute Gasteiger partial charge is 0.354 e. The van der Waals surface area contributed by atoms with E-state index in [1.807, 2.05) is 0 Å². The van der Waals surface area contributed by atoms with Gasteiger partial charge in [-0.1, -0.05) is 6.82 Å². The highest BCUT2D eigenvalue weighted by atomic mass is 19.1. The molecule has 0 nitrogen and oxygen atoms in total. The Balaban J connectivity index is 2.75. The van der Waals surface area contributed by atoms with E-state index in [-0.39, 0.29) is 6.60 Å². The second kappa shape index (κ2) is 3.32. The lowest BCUT2D eigenvalue weighted by molar-refractivity contribution is 0.890. The monoisotopic (exact) mass is 81.1 g/mol. The van der Waals surface area contributed by atoms with E-state index < -0.39 is 0 Å². The maximum atomic E-state index is 11.2. The molecule has 0 saturated carbocycles. The first kappa shape index (κ1) is 6.12. The number of rotatable bonds is 2. The lowest BCUT2D eigenvalue weighted by Crippen LogP contribution is -2.12. The SMILES string of the molecule is [B]CB(C)[B]F. The zero-order chi connectivity index (χ0) is 4.99. The summed E-state index contributed by atoms with van der Waals surface area (Å²) in [6.07, 6.45) is 0.399. The van der Waals surface area contributed by atoms with Crippen LogP contribution >= 0.6 is 0 Å². The summed E-state index contributed by atoms with van der Waals surface area (Å²) in [5.74, 6) is 0. The fourth-order valence-electron chi connectivity index (χ4n) is 0.0514. The first-order valence-electron chi connectivity index (χ1n) is 1.95. The van der Waals surface area contributed by atoms with Gasteiger partial charge in [-0.05, 0) is 0 Å². The van der Waals surface area contributed by atoms with E-state index in [2.05, 4.69) is 0 Å². The molecule has 6 heavy (non-hydrogen) atoms. The summed E-state index contributed by atoms with van der Waals surface area (Å²) < 4.78 is 11.2. The van der Waals surface area contributed by atoms with Gasteiger partial charge in [-0.3, -0.25) is 0 Å². The zero-order valence-electron chi connectivity index (χ0n) is 3.82. The van der Waals surface area contributed by atoms with E-state index >= 15 is 0 Å². The molecule has 0 rings (SSSR count). The van der Waals surface area contributed by atoms with Gasteiger partial charge in [0.2, 0.25) is 0 Å². The van der Waals surface area contributed by atoms with Gasteiger partial charge in [0.05, 0.1) is 7.85 Å². The third-order valence-corrected chi connectivity index (χ3v) is 0.587. The first-order valence-corrected chi connectivity index (χ1v) is 1.95. The Kier molecular flexibility index (Phi) is 3.39. The minimum Gasteiger partial charge on any atom is -0.354 e. The van der Waals surface area contributed by atoms with Gasteiger partial charge in [-0.25, -0.2) is 0 Å². The second-order valence-corrected chi connectivity index (χ2v) is 1.34. The highest BCUT2D eigenvalue weighted by Crippen LogP contribution is 1.81. The summed E-state index contributed by atoms with van der Waals surface area (Å²) in [6, 6.07) is 0. The van der Waals surface area contributed by atoms with E-state index in [0.29, 0.717) is 13.7 Å². The quantitative estimate of drug-likeness (QED) is 0.419. The summed E-state index contributed by atoms with van der Waals surface area (Å²) in [7, 11) is 5.61. The summed E-state index contributed by atoms with van der Waals surface area (Å²) >= 11 is 0. The van der Waals surface area contributed by atoms with Crippen molar-refractivity contribution in [2.75, 3.05) is 0 Å². The van der Waals surface area contributed by atoms with E-state index in [1.54, 1.807) is 6.82 Å². The Morgan fingerprint density at radius 2 is 2.50 bits per heavy atom. The minimum atomic E-state index is -0.0787. The molecule has 0 saturated heterocycles. The van der Waals surface area contributed by atoms with Crippen molar-refractivity contribution in [2.45, 2.75) is 13.0 Å². The van der Waals surface area contributed by atoms with Gasteiger partial charge in [-0.15, -0.1) is 6.22 Å². The van der Waals surface area contributed by atoms with Crippen LogP contribution in [0.5, 0.6) is 0 Å². The van der Waals surface area contributed by atoms with Gasteiger partial charge in [0.1, 0.15) is 6.60 Å². The Labute approximate surface area is 40.3 Å². The number of hydrogen-bond acceptors (Lipinski definition) is 0. The maximum Gasteiger partial charge on any atom is 0.309 e. The molecule has 0 aliphatic rings. The van der Waals surface area contributed by atoms with Crippen LogP contribution < -0.4 is 0 Å². The highest BCUT2D eigenvalue weighted by Gasteiger charge is 2.01. The number of halogens is 1. The molecule has 0 aromatic carbocycles.